The predicted molar refractivity (Wildman–Crippen MR) is 96.9 cm³/mol. The van der Waals surface area contributed by atoms with Gasteiger partial charge in [0.1, 0.15) is 0 Å². The van der Waals surface area contributed by atoms with E-state index in [4.69, 9.17) is 11.6 Å². The maximum Gasteiger partial charge on any atom is 0.261 e. The molecule has 0 saturated heterocycles. The highest BCUT2D eigenvalue weighted by atomic mass is 35.5. The van der Waals surface area contributed by atoms with E-state index in [2.05, 4.69) is 5.32 Å². The minimum Gasteiger partial charge on any atom is -0.375 e. The molecule has 1 atom stereocenters. The van der Waals surface area contributed by atoms with Crippen LogP contribution in [0.25, 0.3) is 10.8 Å². The van der Waals surface area contributed by atoms with Crippen LogP contribution in [-0.2, 0) is 10.4 Å². The number of anilines is 1. The molecule has 4 rings (SSSR count). The Labute approximate surface area is 149 Å². The number of hydrogen-bond donors (Lipinski definition) is 2. The van der Waals surface area contributed by atoms with Gasteiger partial charge in [-0.3, -0.25) is 9.59 Å². The fourth-order valence-corrected chi connectivity index (χ4v) is 3.46. The van der Waals surface area contributed by atoms with Crippen LogP contribution in [0.3, 0.4) is 0 Å². The molecule has 124 valence electrons. The SMILES string of the molecule is O=C(C[C@@]1(O)C(=O)Nc2ccc(Cl)cc21)c1cccc2ccccc12. The first-order chi connectivity index (χ1) is 12.0. The van der Waals surface area contributed by atoms with E-state index in [0.29, 0.717) is 21.8 Å². The van der Waals surface area contributed by atoms with E-state index in [9.17, 15) is 14.7 Å². The molecule has 0 bridgehead atoms. The summed E-state index contributed by atoms with van der Waals surface area (Å²) >= 11 is 5.99. The Balaban J connectivity index is 1.76. The third kappa shape index (κ3) is 2.51. The van der Waals surface area contributed by atoms with Crippen molar-refractivity contribution in [3.05, 3.63) is 76.8 Å². The Morgan fingerprint density at radius 3 is 2.68 bits per heavy atom. The third-order valence-electron chi connectivity index (χ3n) is 4.56. The zero-order chi connectivity index (χ0) is 17.6. The van der Waals surface area contributed by atoms with E-state index < -0.39 is 11.5 Å². The van der Waals surface area contributed by atoms with Gasteiger partial charge >= 0.3 is 0 Å². The van der Waals surface area contributed by atoms with Crippen LogP contribution in [0.15, 0.2) is 60.7 Å². The van der Waals surface area contributed by atoms with Crippen LogP contribution in [0.5, 0.6) is 0 Å². The van der Waals surface area contributed by atoms with Crippen molar-refractivity contribution >= 4 is 39.8 Å². The Hall–Kier alpha value is -2.69. The van der Waals surface area contributed by atoms with Crippen molar-refractivity contribution < 1.29 is 14.7 Å². The third-order valence-corrected chi connectivity index (χ3v) is 4.79. The van der Waals surface area contributed by atoms with Crippen molar-refractivity contribution in [3.63, 3.8) is 0 Å². The number of fused-ring (bicyclic) bond motifs is 2. The second-order valence-electron chi connectivity index (χ2n) is 6.13. The Morgan fingerprint density at radius 1 is 1.08 bits per heavy atom. The smallest absolute Gasteiger partial charge is 0.261 e. The highest BCUT2D eigenvalue weighted by Crippen LogP contribution is 2.40. The maximum atomic E-state index is 12.9. The highest BCUT2D eigenvalue weighted by molar-refractivity contribution is 6.31. The molecule has 0 saturated carbocycles. The number of ketones is 1. The molecule has 3 aromatic rings. The van der Waals surface area contributed by atoms with Crippen LogP contribution in [0.4, 0.5) is 5.69 Å². The quantitative estimate of drug-likeness (QED) is 0.703. The summed E-state index contributed by atoms with van der Waals surface area (Å²) in [5.74, 6) is -0.916. The van der Waals surface area contributed by atoms with Gasteiger partial charge in [-0.2, -0.15) is 0 Å². The lowest BCUT2D eigenvalue weighted by Gasteiger charge is -2.20. The molecule has 1 amide bonds. The number of aliphatic hydroxyl groups is 1. The van der Waals surface area contributed by atoms with E-state index in [1.165, 1.54) is 6.07 Å². The molecular formula is C20H14ClNO3. The molecule has 0 fully saturated rings. The molecule has 0 spiro atoms. The summed E-state index contributed by atoms with van der Waals surface area (Å²) in [5.41, 5.74) is -0.634. The summed E-state index contributed by atoms with van der Waals surface area (Å²) in [5, 5.41) is 15.7. The lowest BCUT2D eigenvalue weighted by molar-refractivity contribution is -0.133. The summed E-state index contributed by atoms with van der Waals surface area (Å²) in [6.45, 7) is 0. The van der Waals surface area contributed by atoms with Crippen LogP contribution in [0.1, 0.15) is 22.3 Å². The van der Waals surface area contributed by atoms with Crippen LogP contribution in [0, 0.1) is 0 Å². The van der Waals surface area contributed by atoms with Gasteiger partial charge in [-0.1, -0.05) is 54.1 Å². The molecule has 1 aliphatic heterocycles. The van der Waals surface area contributed by atoms with Crippen LogP contribution < -0.4 is 5.32 Å². The largest absolute Gasteiger partial charge is 0.375 e. The van der Waals surface area contributed by atoms with Crippen LogP contribution >= 0.6 is 11.6 Å². The van der Waals surface area contributed by atoms with Gasteiger partial charge in [0.15, 0.2) is 11.4 Å². The number of halogens is 1. The standard InChI is InChI=1S/C20H14ClNO3/c21-13-8-9-17-16(10-13)20(25,19(24)22-17)11-18(23)15-7-3-5-12-4-1-2-6-14(12)15/h1-10,25H,11H2,(H,22,24)/t20-/m0/s1. The summed E-state index contributed by atoms with van der Waals surface area (Å²) in [6, 6.07) is 17.7. The number of hydrogen-bond acceptors (Lipinski definition) is 3. The monoisotopic (exact) mass is 351 g/mol. The average Bonchev–Trinajstić information content (AvgIpc) is 2.85. The molecular weight excluding hydrogens is 338 g/mol. The normalized spacial score (nSPS) is 18.9. The van der Waals surface area contributed by atoms with Crippen molar-refractivity contribution in [2.45, 2.75) is 12.0 Å². The maximum absolute atomic E-state index is 12.9. The first-order valence-electron chi connectivity index (χ1n) is 7.84. The molecule has 1 heterocycles. The van der Waals surface area contributed by atoms with Crippen LogP contribution in [-0.4, -0.2) is 16.8 Å². The van der Waals surface area contributed by atoms with Gasteiger partial charge < -0.3 is 10.4 Å². The number of nitrogens with one attached hydrogen (secondary N) is 1. The summed E-state index contributed by atoms with van der Waals surface area (Å²) < 4.78 is 0. The van der Waals surface area contributed by atoms with E-state index in [1.807, 2.05) is 30.3 Å². The van der Waals surface area contributed by atoms with Gasteiger partial charge in [-0.05, 0) is 29.0 Å². The molecule has 0 aliphatic carbocycles. The van der Waals surface area contributed by atoms with Crippen LogP contribution in [0.2, 0.25) is 5.02 Å². The van der Waals surface area contributed by atoms with Crippen molar-refractivity contribution in [2.75, 3.05) is 5.32 Å². The van der Waals surface area contributed by atoms with Gasteiger partial charge in [0.25, 0.3) is 5.91 Å². The van der Waals surface area contributed by atoms with Crippen molar-refractivity contribution in [1.29, 1.82) is 0 Å². The van der Waals surface area contributed by atoms with Gasteiger partial charge in [0.2, 0.25) is 0 Å². The number of carbonyl (C=O) groups is 2. The Kier molecular flexibility index (Phi) is 3.60. The summed E-state index contributed by atoms with van der Waals surface area (Å²) in [6.07, 6.45) is -0.347. The van der Waals surface area contributed by atoms with E-state index in [0.717, 1.165) is 10.8 Å². The minimum absolute atomic E-state index is 0.303. The van der Waals surface area contributed by atoms with Crippen molar-refractivity contribution in [2.24, 2.45) is 0 Å². The zero-order valence-corrected chi connectivity index (χ0v) is 13.9. The second-order valence-corrected chi connectivity index (χ2v) is 6.57. The predicted octanol–water partition coefficient (Wildman–Crippen LogP) is 3.91. The molecule has 5 heteroatoms. The summed E-state index contributed by atoms with van der Waals surface area (Å²) in [4.78, 5) is 25.2. The molecule has 3 aromatic carbocycles. The van der Waals surface area contributed by atoms with Gasteiger partial charge in [0, 0.05) is 21.8 Å². The molecule has 0 radical (unpaired) electrons. The number of rotatable bonds is 3. The molecule has 4 nitrogen and oxygen atoms in total. The first-order valence-corrected chi connectivity index (χ1v) is 8.22. The fraction of sp³-hybridized carbons (Fsp3) is 0.100. The van der Waals surface area contributed by atoms with E-state index >= 15 is 0 Å². The zero-order valence-electron chi connectivity index (χ0n) is 13.1. The fourth-order valence-electron chi connectivity index (χ4n) is 3.29. The molecule has 0 unspecified atom stereocenters. The van der Waals surface area contributed by atoms with Gasteiger partial charge in [-0.25, -0.2) is 0 Å². The number of benzene rings is 3. The molecule has 2 N–H and O–H groups in total. The number of Topliss-reactive ketones (excluding diaryl/α,β-unsaturated/α-hetero) is 1. The van der Waals surface area contributed by atoms with E-state index in [1.54, 1.807) is 24.3 Å². The van der Waals surface area contributed by atoms with Gasteiger partial charge in [-0.15, -0.1) is 0 Å². The number of amides is 1. The Bertz CT molecular complexity index is 1030. The van der Waals surface area contributed by atoms with Crippen molar-refractivity contribution in [1.82, 2.24) is 0 Å². The molecule has 0 aromatic heterocycles. The lowest BCUT2D eigenvalue weighted by atomic mass is 9.87. The topological polar surface area (TPSA) is 66.4 Å². The highest BCUT2D eigenvalue weighted by Gasteiger charge is 2.47. The molecule has 25 heavy (non-hydrogen) atoms. The minimum atomic E-state index is -1.92. The molecule has 1 aliphatic rings. The average molecular weight is 352 g/mol. The summed E-state index contributed by atoms with van der Waals surface area (Å²) in [7, 11) is 0. The second kappa shape index (κ2) is 5.69. The first kappa shape index (κ1) is 15.8. The van der Waals surface area contributed by atoms with E-state index in [-0.39, 0.29) is 12.2 Å². The lowest BCUT2D eigenvalue weighted by Crippen LogP contribution is -2.36. The van der Waals surface area contributed by atoms with Crippen molar-refractivity contribution in [3.8, 4) is 0 Å². The Morgan fingerprint density at radius 2 is 1.84 bits per heavy atom. The van der Waals surface area contributed by atoms with Gasteiger partial charge in [0.05, 0.1) is 6.42 Å². The number of carbonyl (C=O) groups excluding carboxylic acids is 2.